The number of hydrogen-bond donors (Lipinski definition) is 4. The monoisotopic (exact) mass is 254 g/mol. The van der Waals surface area contributed by atoms with Crippen LogP contribution in [0.1, 0.15) is 22.2 Å². The third-order valence-corrected chi connectivity index (χ3v) is 2.92. The van der Waals surface area contributed by atoms with Crippen molar-refractivity contribution in [2.45, 2.75) is 24.4 Å². The molecule has 0 unspecified atom stereocenters. The summed E-state index contributed by atoms with van der Waals surface area (Å²) in [5.74, 6) is -0.747. The van der Waals surface area contributed by atoms with Crippen molar-refractivity contribution in [1.29, 1.82) is 0 Å². The van der Waals surface area contributed by atoms with Gasteiger partial charge in [-0.15, -0.1) is 0 Å². The third kappa shape index (κ3) is 2.08. The van der Waals surface area contributed by atoms with Crippen molar-refractivity contribution in [2.24, 2.45) is 5.73 Å². The predicted molar refractivity (Wildman–Crippen MR) is 59.5 cm³/mol. The van der Waals surface area contributed by atoms with E-state index in [4.69, 9.17) is 15.6 Å². The summed E-state index contributed by atoms with van der Waals surface area (Å²) < 4.78 is 5.31. The topological polar surface area (TPSA) is 126 Å². The Balaban J connectivity index is 2.35. The zero-order valence-corrected chi connectivity index (χ0v) is 9.43. The number of aliphatic hydroxyl groups excluding tert-OH is 3. The largest absolute Gasteiger partial charge is 0.394 e. The number of nitrogens with two attached hydrogens (primary N) is 1. The molecule has 5 N–H and O–H groups in total. The number of rotatable bonds is 3. The number of aromatic nitrogens is 1. The van der Waals surface area contributed by atoms with E-state index in [0.717, 1.165) is 0 Å². The number of hydrogen-bond acceptors (Lipinski definition) is 6. The Kier molecular flexibility index (Phi) is 3.58. The molecule has 4 atom stereocenters. The fourth-order valence-corrected chi connectivity index (χ4v) is 2.01. The summed E-state index contributed by atoms with van der Waals surface area (Å²) in [5, 5.41) is 28.5. The van der Waals surface area contributed by atoms with Crippen molar-refractivity contribution in [3.63, 3.8) is 0 Å². The lowest BCUT2D eigenvalue weighted by Crippen LogP contribution is -2.32. The Hall–Kier alpha value is -1.54. The minimum Gasteiger partial charge on any atom is -0.394 e. The molecule has 0 saturated carbocycles. The van der Waals surface area contributed by atoms with Gasteiger partial charge in [-0.1, -0.05) is 6.07 Å². The van der Waals surface area contributed by atoms with Gasteiger partial charge >= 0.3 is 0 Å². The molecule has 1 fully saturated rings. The van der Waals surface area contributed by atoms with Gasteiger partial charge in [0.2, 0.25) is 0 Å². The van der Waals surface area contributed by atoms with Gasteiger partial charge in [-0.2, -0.15) is 0 Å². The summed E-state index contributed by atoms with van der Waals surface area (Å²) in [6.45, 7) is -0.430. The minimum atomic E-state index is -1.25. The number of nitrogens with zero attached hydrogens (tertiary/aromatic N) is 1. The normalized spacial score (nSPS) is 31.5. The molecule has 7 heteroatoms. The zero-order valence-electron chi connectivity index (χ0n) is 9.43. The highest BCUT2D eigenvalue weighted by molar-refractivity contribution is 5.92. The molecule has 18 heavy (non-hydrogen) atoms. The summed E-state index contributed by atoms with van der Waals surface area (Å²) in [4.78, 5) is 15.1. The Morgan fingerprint density at radius 1 is 1.44 bits per heavy atom. The molecule has 7 nitrogen and oxygen atoms in total. The van der Waals surface area contributed by atoms with Crippen LogP contribution in [0.2, 0.25) is 0 Å². The van der Waals surface area contributed by atoms with Crippen LogP contribution in [-0.2, 0) is 4.74 Å². The summed E-state index contributed by atoms with van der Waals surface area (Å²) in [7, 11) is 0. The first-order chi connectivity index (χ1) is 8.56. The number of primary amides is 1. The molecule has 1 aromatic rings. The van der Waals surface area contributed by atoms with E-state index >= 15 is 0 Å². The van der Waals surface area contributed by atoms with Crippen molar-refractivity contribution in [3.05, 3.63) is 29.6 Å². The predicted octanol–water partition coefficient (Wildman–Crippen LogP) is -1.67. The van der Waals surface area contributed by atoms with Crippen LogP contribution < -0.4 is 5.73 Å². The van der Waals surface area contributed by atoms with E-state index in [1.807, 2.05) is 0 Å². The lowest BCUT2D eigenvalue weighted by Gasteiger charge is -2.16. The molecule has 1 aromatic heterocycles. The van der Waals surface area contributed by atoms with Gasteiger partial charge in [0.1, 0.15) is 30.1 Å². The quantitative estimate of drug-likeness (QED) is 0.511. The van der Waals surface area contributed by atoms with Crippen LogP contribution in [0, 0.1) is 0 Å². The second-order valence-electron chi connectivity index (χ2n) is 4.06. The van der Waals surface area contributed by atoms with Crippen LogP contribution in [0.25, 0.3) is 0 Å². The SMILES string of the molecule is NC(=O)c1ncccc1[C@@H]1O[C@H](CO)[C@@H](O)[C@H]1O. The number of pyridine rings is 1. The zero-order chi connectivity index (χ0) is 13.3. The first-order valence-corrected chi connectivity index (χ1v) is 5.43. The Morgan fingerprint density at radius 3 is 2.72 bits per heavy atom. The van der Waals surface area contributed by atoms with Crippen LogP contribution >= 0.6 is 0 Å². The lowest BCUT2D eigenvalue weighted by molar-refractivity contribution is -0.0230. The average molecular weight is 254 g/mol. The standard InChI is InChI=1S/C11H14N2O5/c12-11(17)7-5(2-1-3-13-7)10-9(16)8(15)6(4-14)18-10/h1-3,6,8-10,14-16H,4H2,(H2,12,17)/t6-,8-,9-,10+/m1/s1. The Bertz CT molecular complexity index is 453. The maximum absolute atomic E-state index is 11.2. The summed E-state index contributed by atoms with van der Waals surface area (Å²) >= 11 is 0. The summed E-state index contributed by atoms with van der Waals surface area (Å²) in [6, 6.07) is 3.10. The summed E-state index contributed by atoms with van der Waals surface area (Å²) in [6.07, 6.45) is -2.91. The smallest absolute Gasteiger partial charge is 0.267 e. The molecule has 2 rings (SSSR count). The van der Waals surface area contributed by atoms with Gasteiger partial charge < -0.3 is 25.8 Å². The Labute approximate surface area is 103 Å². The highest BCUT2D eigenvalue weighted by Crippen LogP contribution is 2.34. The van der Waals surface area contributed by atoms with Gasteiger partial charge in [0.15, 0.2) is 0 Å². The van der Waals surface area contributed by atoms with E-state index in [1.54, 1.807) is 6.07 Å². The first-order valence-electron chi connectivity index (χ1n) is 5.43. The fourth-order valence-electron chi connectivity index (χ4n) is 2.01. The van der Waals surface area contributed by atoms with E-state index in [1.165, 1.54) is 12.3 Å². The molecule has 1 aliphatic rings. The molecule has 98 valence electrons. The van der Waals surface area contributed by atoms with Crippen molar-refractivity contribution < 1.29 is 24.9 Å². The second kappa shape index (κ2) is 4.99. The van der Waals surface area contributed by atoms with Crippen molar-refractivity contribution >= 4 is 5.91 Å². The van der Waals surface area contributed by atoms with Gasteiger partial charge in [-0.25, -0.2) is 0 Å². The van der Waals surface area contributed by atoms with Crippen LogP contribution in [-0.4, -0.2) is 51.1 Å². The minimum absolute atomic E-state index is 0.0210. The van der Waals surface area contributed by atoms with Gasteiger partial charge in [0.25, 0.3) is 5.91 Å². The maximum Gasteiger partial charge on any atom is 0.267 e. The number of carbonyl (C=O) groups excluding carboxylic acids is 1. The highest BCUT2D eigenvalue weighted by atomic mass is 16.6. The van der Waals surface area contributed by atoms with Gasteiger partial charge in [0.05, 0.1) is 6.61 Å². The van der Waals surface area contributed by atoms with Crippen molar-refractivity contribution in [2.75, 3.05) is 6.61 Å². The van der Waals surface area contributed by atoms with E-state index < -0.39 is 36.9 Å². The molecule has 0 bridgehead atoms. The van der Waals surface area contributed by atoms with Crippen LogP contribution in [0.15, 0.2) is 18.3 Å². The molecule has 0 spiro atoms. The number of ether oxygens (including phenoxy) is 1. The molecule has 0 aromatic carbocycles. The van der Waals surface area contributed by atoms with Gasteiger partial charge in [-0.3, -0.25) is 9.78 Å². The number of aliphatic hydroxyl groups is 3. The molecule has 2 heterocycles. The molecular formula is C11H14N2O5. The molecule has 1 aliphatic heterocycles. The summed E-state index contributed by atoms with van der Waals surface area (Å²) in [5.41, 5.74) is 5.46. The van der Waals surface area contributed by atoms with E-state index in [2.05, 4.69) is 4.98 Å². The van der Waals surface area contributed by atoms with Gasteiger partial charge in [0, 0.05) is 11.8 Å². The third-order valence-electron chi connectivity index (χ3n) is 2.92. The molecule has 1 saturated heterocycles. The fraction of sp³-hybridized carbons (Fsp3) is 0.455. The molecular weight excluding hydrogens is 240 g/mol. The molecule has 0 radical (unpaired) electrons. The molecule has 1 amide bonds. The van der Waals surface area contributed by atoms with Crippen LogP contribution in [0.3, 0.4) is 0 Å². The van der Waals surface area contributed by atoms with Crippen LogP contribution in [0.4, 0.5) is 0 Å². The van der Waals surface area contributed by atoms with E-state index in [0.29, 0.717) is 5.56 Å². The lowest BCUT2D eigenvalue weighted by atomic mass is 10.00. The van der Waals surface area contributed by atoms with E-state index in [-0.39, 0.29) is 5.69 Å². The second-order valence-corrected chi connectivity index (χ2v) is 4.06. The maximum atomic E-state index is 11.2. The van der Waals surface area contributed by atoms with E-state index in [9.17, 15) is 15.0 Å². The van der Waals surface area contributed by atoms with Crippen LogP contribution in [0.5, 0.6) is 0 Å². The first kappa shape index (κ1) is 12.9. The average Bonchev–Trinajstić information content (AvgIpc) is 2.66. The number of amides is 1. The van der Waals surface area contributed by atoms with Crippen molar-refractivity contribution in [1.82, 2.24) is 4.98 Å². The Morgan fingerprint density at radius 2 is 2.17 bits per heavy atom. The molecule has 0 aliphatic carbocycles. The highest BCUT2D eigenvalue weighted by Gasteiger charge is 2.44. The number of carbonyl (C=O) groups is 1. The van der Waals surface area contributed by atoms with Crippen molar-refractivity contribution in [3.8, 4) is 0 Å². The van der Waals surface area contributed by atoms with Gasteiger partial charge in [-0.05, 0) is 6.07 Å².